The standard InChI is InChI=1S/C23H25N5O4S.2H2/c1-15-21(23-27-26-22(32-23)17-4-8-18(29)9-5-17)25-20(14-24-15)16-6-10-19(11-7-16)33(30,31)13-12-28(2)3;;/h4-11,14,29-31H,12-13H2,1-3H3;2*1H. The lowest BCUT2D eigenvalue weighted by molar-refractivity contribution is 0.417. The molecule has 0 fully saturated rings. The Kier molecular flexibility index (Phi) is 6.43. The lowest BCUT2D eigenvalue weighted by Gasteiger charge is -2.33. The number of benzene rings is 2. The summed E-state index contributed by atoms with van der Waals surface area (Å²) < 4.78 is 26.8. The zero-order valence-electron chi connectivity index (χ0n) is 18.5. The fourth-order valence-corrected chi connectivity index (χ4v) is 4.53. The number of phenols is 1. The SMILES string of the molecule is Cc1ncc(-c2ccc(S(O)(O)CCN(C)C)cc2)nc1-c1nnc(-c2ccc(O)cc2)o1.[HH].[HH]. The first-order chi connectivity index (χ1) is 15.7. The van der Waals surface area contributed by atoms with Crippen LogP contribution in [0.1, 0.15) is 8.55 Å². The van der Waals surface area contributed by atoms with Crippen LogP contribution in [-0.4, -0.2) is 65.7 Å². The summed E-state index contributed by atoms with van der Waals surface area (Å²) in [6.45, 7) is 2.38. The van der Waals surface area contributed by atoms with Gasteiger partial charge in [0, 0.05) is 20.5 Å². The number of aromatic nitrogens is 4. The molecule has 33 heavy (non-hydrogen) atoms. The Morgan fingerprint density at radius 3 is 2.24 bits per heavy atom. The van der Waals surface area contributed by atoms with Gasteiger partial charge in [-0.15, -0.1) is 10.2 Å². The van der Waals surface area contributed by atoms with Crippen molar-refractivity contribution in [1.29, 1.82) is 0 Å². The van der Waals surface area contributed by atoms with E-state index in [0.29, 0.717) is 40.0 Å². The summed E-state index contributed by atoms with van der Waals surface area (Å²) in [7, 11) is 0.919. The van der Waals surface area contributed by atoms with E-state index in [1.165, 1.54) is 0 Å². The van der Waals surface area contributed by atoms with Crippen molar-refractivity contribution in [3.63, 3.8) is 0 Å². The van der Waals surface area contributed by atoms with E-state index in [1.807, 2.05) is 19.0 Å². The maximum Gasteiger partial charge on any atom is 0.268 e. The third-order valence-corrected chi connectivity index (χ3v) is 6.83. The van der Waals surface area contributed by atoms with Crippen LogP contribution >= 0.6 is 10.6 Å². The number of aryl methyl sites for hydroxylation is 1. The minimum absolute atomic E-state index is 0. The van der Waals surface area contributed by atoms with Crippen LogP contribution in [0, 0.1) is 6.92 Å². The van der Waals surface area contributed by atoms with E-state index in [4.69, 9.17) is 4.42 Å². The van der Waals surface area contributed by atoms with E-state index in [0.717, 1.165) is 5.56 Å². The Morgan fingerprint density at radius 1 is 0.939 bits per heavy atom. The number of hydrogen-bond acceptors (Lipinski definition) is 9. The molecule has 10 heteroatoms. The second kappa shape index (κ2) is 9.28. The smallest absolute Gasteiger partial charge is 0.268 e. The molecule has 2 heterocycles. The van der Waals surface area contributed by atoms with E-state index >= 15 is 0 Å². The fourth-order valence-electron chi connectivity index (χ4n) is 3.10. The quantitative estimate of drug-likeness (QED) is 0.339. The normalized spacial score (nSPS) is 12.3. The molecule has 0 atom stereocenters. The van der Waals surface area contributed by atoms with Crippen molar-refractivity contribution in [3.05, 3.63) is 60.4 Å². The van der Waals surface area contributed by atoms with Gasteiger partial charge in [0.1, 0.15) is 11.4 Å². The number of rotatable bonds is 7. The predicted octanol–water partition coefficient (Wildman–Crippen LogP) is 5.04. The van der Waals surface area contributed by atoms with E-state index in [2.05, 4.69) is 20.2 Å². The Bertz CT molecular complexity index is 1250. The largest absolute Gasteiger partial charge is 0.508 e. The monoisotopic (exact) mass is 471 g/mol. The van der Waals surface area contributed by atoms with Crippen LogP contribution in [0.5, 0.6) is 5.75 Å². The van der Waals surface area contributed by atoms with Gasteiger partial charge in [0.15, 0.2) is 0 Å². The fraction of sp³-hybridized carbons (Fsp3) is 0.217. The van der Waals surface area contributed by atoms with Gasteiger partial charge >= 0.3 is 0 Å². The summed E-state index contributed by atoms with van der Waals surface area (Å²) in [6, 6.07) is 13.5. The van der Waals surface area contributed by atoms with Crippen LogP contribution in [0.4, 0.5) is 0 Å². The van der Waals surface area contributed by atoms with Gasteiger partial charge in [-0.2, -0.15) is 10.6 Å². The van der Waals surface area contributed by atoms with Crippen molar-refractivity contribution >= 4 is 10.6 Å². The number of phenolic OH excluding ortho intramolecular Hbond substituents is 1. The molecule has 0 unspecified atom stereocenters. The van der Waals surface area contributed by atoms with Crippen molar-refractivity contribution in [2.24, 2.45) is 0 Å². The number of nitrogens with zero attached hydrogens (tertiary/aromatic N) is 5. The maximum atomic E-state index is 10.5. The average Bonchev–Trinajstić information content (AvgIpc) is 3.29. The summed E-state index contributed by atoms with van der Waals surface area (Å²) in [4.78, 5) is 11.5. The van der Waals surface area contributed by atoms with Gasteiger partial charge in [0.25, 0.3) is 5.89 Å². The molecule has 3 N–H and O–H groups in total. The molecule has 0 aliphatic carbocycles. The predicted molar refractivity (Wildman–Crippen MR) is 131 cm³/mol. The van der Waals surface area contributed by atoms with Gasteiger partial charge in [0.2, 0.25) is 5.89 Å². The summed E-state index contributed by atoms with van der Waals surface area (Å²) in [5.74, 6) is 0.968. The van der Waals surface area contributed by atoms with Gasteiger partial charge in [-0.1, -0.05) is 12.1 Å². The molecule has 0 radical (unpaired) electrons. The number of aromatic hydroxyl groups is 1. The van der Waals surface area contributed by atoms with Crippen LogP contribution in [0.25, 0.3) is 34.3 Å². The first kappa shape index (κ1) is 22.9. The molecular formula is C23H29N5O4S. The summed E-state index contributed by atoms with van der Waals surface area (Å²) in [5.41, 5.74) is 3.14. The van der Waals surface area contributed by atoms with Gasteiger partial charge < -0.3 is 14.4 Å². The van der Waals surface area contributed by atoms with E-state index in [1.54, 1.807) is 61.7 Å². The third kappa shape index (κ3) is 5.20. The Morgan fingerprint density at radius 2 is 1.58 bits per heavy atom. The molecule has 0 bridgehead atoms. The van der Waals surface area contributed by atoms with E-state index in [9.17, 15) is 14.2 Å². The van der Waals surface area contributed by atoms with Gasteiger partial charge in [-0.25, -0.2) is 4.98 Å². The highest BCUT2D eigenvalue weighted by Gasteiger charge is 2.18. The minimum atomic E-state index is -2.87. The molecule has 0 saturated heterocycles. The third-order valence-electron chi connectivity index (χ3n) is 5.05. The molecule has 0 spiro atoms. The molecular weight excluding hydrogens is 442 g/mol. The number of hydrogen-bond donors (Lipinski definition) is 3. The molecule has 176 valence electrons. The highest BCUT2D eigenvalue weighted by Crippen LogP contribution is 2.47. The summed E-state index contributed by atoms with van der Waals surface area (Å²) in [5, 5.41) is 17.7. The second-order valence-electron chi connectivity index (χ2n) is 7.85. The van der Waals surface area contributed by atoms with Crippen LogP contribution in [0.3, 0.4) is 0 Å². The van der Waals surface area contributed by atoms with E-state index < -0.39 is 10.6 Å². The highest BCUT2D eigenvalue weighted by atomic mass is 32.3. The topological polar surface area (TPSA) is 129 Å². The van der Waals surface area contributed by atoms with Crippen LogP contribution in [-0.2, 0) is 0 Å². The van der Waals surface area contributed by atoms with Crippen LogP contribution < -0.4 is 0 Å². The highest BCUT2D eigenvalue weighted by molar-refractivity contribution is 8.24. The molecule has 2 aromatic heterocycles. The Balaban J connectivity index is 0.00000216. The average molecular weight is 472 g/mol. The minimum Gasteiger partial charge on any atom is -0.508 e. The molecule has 2 aromatic carbocycles. The summed E-state index contributed by atoms with van der Waals surface area (Å²) in [6.07, 6.45) is 1.65. The van der Waals surface area contributed by atoms with Gasteiger partial charge in [0.05, 0.1) is 28.2 Å². The Hall–Kier alpha value is -3.31. The maximum absolute atomic E-state index is 10.5. The van der Waals surface area contributed by atoms with Crippen molar-refractivity contribution in [2.75, 3.05) is 26.4 Å². The van der Waals surface area contributed by atoms with Crippen molar-refractivity contribution in [3.8, 4) is 40.0 Å². The molecule has 4 rings (SSSR count). The molecule has 0 amide bonds. The zero-order valence-corrected chi connectivity index (χ0v) is 19.3. The van der Waals surface area contributed by atoms with E-state index in [-0.39, 0.29) is 20.2 Å². The Labute approximate surface area is 196 Å². The first-order valence-electron chi connectivity index (χ1n) is 10.2. The van der Waals surface area contributed by atoms with Crippen molar-refractivity contribution in [1.82, 2.24) is 25.1 Å². The van der Waals surface area contributed by atoms with Crippen molar-refractivity contribution in [2.45, 2.75) is 11.8 Å². The van der Waals surface area contributed by atoms with Crippen LogP contribution in [0.2, 0.25) is 0 Å². The van der Waals surface area contributed by atoms with Crippen molar-refractivity contribution < 1.29 is 21.5 Å². The summed E-state index contributed by atoms with van der Waals surface area (Å²) >= 11 is 0. The molecule has 0 aliphatic heterocycles. The second-order valence-corrected chi connectivity index (χ2v) is 10.1. The molecule has 4 aromatic rings. The van der Waals surface area contributed by atoms with Gasteiger partial charge in [-0.3, -0.25) is 14.1 Å². The zero-order chi connectivity index (χ0) is 23.6. The van der Waals surface area contributed by atoms with Crippen LogP contribution in [0.15, 0.2) is 64.0 Å². The lowest BCUT2D eigenvalue weighted by atomic mass is 10.1. The first-order valence-corrected chi connectivity index (χ1v) is 11.9. The molecule has 0 aliphatic rings. The van der Waals surface area contributed by atoms with Gasteiger partial charge in [-0.05, 0) is 57.4 Å². The molecule has 9 nitrogen and oxygen atoms in total. The molecule has 0 saturated carbocycles. The lowest BCUT2D eigenvalue weighted by Crippen LogP contribution is -2.20.